The van der Waals surface area contributed by atoms with Gasteiger partial charge < -0.3 is 0 Å². The first kappa shape index (κ1) is 13.8. The van der Waals surface area contributed by atoms with Gasteiger partial charge in [-0.15, -0.1) is 11.3 Å². The molecule has 0 fully saturated rings. The number of hydrazine groups is 1. The molecule has 104 valence electrons. The Morgan fingerprint density at radius 3 is 2.95 bits per heavy atom. The van der Waals surface area contributed by atoms with Crippen LogP contribution in [0, 0.1) is 0 Å². The van der Waals surface area contributed by atoms with E-state index in [4.69, 9.17) is 5.84 Å². The molecule has 1 aromatic carbocycles. The predicted octanol–water partition coefficient (Wildman–Crippen LogP) is 3.43. The van der Waals surface area contributed by atoms with Gasteiger partial charge in [-0.25, -0.2) is 5.43 Å². The topological polar surface area (TPSA) is 55.9 Å². The number of halogens is 1. The molecule has 3 aromatic rings. The van der Waals surface area contributed by atoms with Gasteiger partial charge in [0, 0.05) is 16.1 Å². The fourth-order valence-electron chi connectivity index (χ4n) is 2.35. The number of nitrogens with one attached hydrogen (secondary N) is 1. The summed E-state index contributed by atoms with van der Waals surface area (Å²) in [6, 6.07) is 10.5. The van der Waals surface area contributed by atoms with Crippen molar-refractivity contribution in [3.63, 3.8) is 0 Å². The summed E-state index contributed by atoms with van der Waals surface area (Å²) in [5.41, 5.74) is 3.97. The van der Waals surface area contributed by atoms with Gasteiger partial charge in [0.25, 0.3) is 0 Å². The molecule has 0 spiro atoms. The minimum atomic E-state index is -0.0655. The second-order valence-corrected chi connectivity index (χ2v) is 6.45. The molecule has 0 saturated heterocycles. The van der Waals surface area contributed by atoms with Gasteiger partial charge in [0.05, 0.1) is 22.4 Å². The van der Waals surface area contributed by atoms with Crippen molar-refractivity contribution in [3.8, 4) is 0 Å². The maximum Gasteiger partial charge on any atom is 0.0981 e. The summed E-state index contributed by atoms with van der Waals surface area (Å²) in [6.07, 6.45) is 1.82. The van der Waals surface area contributed by atoms with E-state index in [-0.39, 0.29) is 6.04 Å². The number of nitrogens with zero attached hydrogens (tertiary/aromatic N) is 2. The lowest BCUT2D eigenvalue weighted by molar-refractivity contribution is 0.547. The predicted molar refractivity (Wildman–Crippen MR) is 86.6 cm³/mol. The first-order valence-electron chi connectivity index (χ1n) is 6.40. The minimum absolute atomic E-state index is 0.0655. The number of aromatic nitrogens is 2. The molecule has 0 amide bonds. The summed E-state index contributed by atoms with van der Waals surface area (Å²) in [6.45, 7) is 2.88. The molecule has 0 aliphatic rings. The van der Waals surface area contributed by atoms with Gasteiger partial charge in [-0.2, -0.15) is 5.10 Å². The second kappa shape index (κ2) is 5.65. The maximum atomic E-state index is 5.81. The molecule has 0 radical (unpaired) electrons. The highest BCUT2D eigenvalue weighted by molar-refractivity contribution is 9.10. The average molecular weight is 351 g/mol. The molecule has 0 bridgehead atoms. The molecule has 6 heteroatoms. The smallest absolute Gasteiger partial charge is 0.0981 e. The number of thiophene rings is 1. The summed E-state index contributed by atoms with van der Waals surface area (Å²) in [4.78, 5) is 1.18. The fourth-order valence-corrected chi connectivity index (χ4v) is 4.01. The Balaban J connectivity index is 2.11. The number of fused-ring (bicyclic) bond motifs is 1. The summed E-state index contributed by atoms with van der Waals surface area (Å²) in [7, 11) is 0. The van der Waals surface area contributed by atoms with Gasteiger partial charge in [-0.05, 0) is 40.4 Å². The third-order valence-electron chi connectivity index (χ3n) is 3.30. The highest BCUT2D eigenvalue weighted by atomic mass is 79.9. The number of hydrogen-bond donors (Lipinski definition) is 2. The summed E-state index contributed by atoms with van der Waals surface area (Å²) in [5.74, 6) is 5.81. The van der Waals surface area contributed by atoms with E-state index in [1.807, 2.05) is 10.9 Å². The first-order valence-corrected chi connectivity index (χ1v) is 8.01. The molecule has 2 heterocycles. The third kappa shape index (κ3) is 2.29. The monoisotopic (exact) mass is 350 g/mol. The van der Waals surface area contributed by atoms with E-state index in [9.17, 15) is 0 Å². The Morgan fingerprint density at radius 2 is 2.25 bits per heavy atom. The van der Waals surface area contributed by atoms with E-state index in [0.29, 0.717) is 0 Å². The zero-order valence-electron chi connectivity index (χ0n) is 11.0. The molecule has 1 atom stereocenters. The van der Waals surface area contributed by atoms with Crippen LogP contribution in [0.4, 0.5) is 0 Å². The van der Waals surface area contributed by atoms with Crippen molar-refractivity contribution in [1.29, 1.82) is 0 Å². The maximum absolute atomic E-state index is 5.81. The van der Waals surface area contributed by atoms with Gasteiger partial charge >= 0.3 is 0 Å². The van der Waals surface area contributed by atoms with Crippen LogP contribution in [0.2, 0.25) is 0 Å². The van der Waals surface area contributed by atoms with Crippen LogP contribution in [0.15, 0.2) is 41.0 Å². The molecule has 3 N–H and O–H groups in total. The Bertz CT molecular complexity index is 701. The quantitative estimate of drug-likeness (QED) is 0.559. The largest absolute Gasteiger partial charge is 0.270 e. The SMILES string of the molecule is CCn1ncc(Br)c1C(NN)c1cc2ccccc2s1. The zero-order chi connectivity index (χ0) is 14.1. The van der Waals surface area contributed by atoms with Gasteiger partial charge in [0.2, 0.25) is 0 Å². The van der Waals surface area contributed by atoms with Crippen molar-refractivity contribution < 1.29 is 0 Å². The van der Waals surface area contributed by atoms with Gasteiger partial charge in [-0.3, -0.25) is 10.5 Å². The Kier molecular flexibility index (Phi) is 3.89. The fraction of sp³-hybridized carbons (Fsp3) is 0.214. The lowest BCUT2D eigenvalue weighted by Gasteiger charge is -2.16. The lowest BCUT2D eigenvalue weighted by Crippen LogP contribution is -2.30. The normalized spacial score (nSPS) is 12.9. The van der Waals surface area contributed by atoms with Crippen molar-refractivity contribution in [2.24, 2.45) is 5.84 Å². The number of nitrogens with two attached hydrogens (primary N) is 1. The van der Waals surface area contributed by atoms with Crippen LogP contribution in [0.3, 0.4) is 0 Å². The molecule has 0 aliphatic carbocycles. The van der Waals surface area contributed by atoms with Crippen LogP contribution in [0.1, 0.15) is 23.5 Å². The van der Waals surface area contributed by atoms with Crippen LogP contribution >= 0.6 is 27.3 Å². The summed E-state index contributed by atoms with van der Waals surface area (Å²) >= 11 is 5.32. The van der Waals surface area contributed by atoms with Gasteiger partial charge in [0.15, 0.2) is 0 Å². The van der Waals surface area contributed by atoms with E-state index >= 15 is 0 Å². The standard InChI is InChI=1S/C14H15BrN4S/c1-2-19-14(10(15)8-17-19)13(18-16)12-7-9-5-3-4-6-11(9)20-12/h3-8,13,18H,2,16H2,1H3. The highest BCUT2D eigenvalue weighted by Gasteiger charge is 2.22. The van der Waals surface area contributed by atoms with Crippen molar-refractivity contribution in [3.05, 3.63) is 51.6 Å². The lowest BCUT2D eigenvalue weighted by atomic mass is 10.1. The number of aryl methyl sites for hydroxylation is 1. The summed E-state index contributed by atoms with van der Waals surface area (Å²) in [5, 5.41) is 5.60. The summed E-state index contributed by atoms with van der Waals surface area (Å²) < 4.78 is 4.19. The number of hydrogen-bond acceptors (Lipinski definition) is 4. The van der Waals surface area contributed by atoms with Gasteiger partial charge in [-0.1, -0.05) is 18.2 Å². The average Bonchev–Trinajstić information content (AvgIpc) is 3.04. The van der Waals surface area contributed by atoms with Crippen LogP contribution in [0.5, 0.6) is 0 Å². The van der Waals surface area contributed by atoms with Gasteiger partial charge in [0.1, 0.15) is 0 Å². The Hall–Kier alpha value is -1.21. The van der Waals surface area contributed by atoms with Crippen molar-refractivity contribution in [2.45, 2.75) is 19.5 Å². The first-order chi connectivity index (χ1) is 9.74. The Labute approximate surface area is 129 Å². The minimum Gasteiger partial charge on any atom is -0.270 e. The van der Waals surface area contributed by atoms with Crippen LogP contribution in [-0.2, 0) is 6.54 Å². The molecule has 3 rings (SSSR count). The molecule has 0 aliphatic heterocycles. The van der Waals surface area contributed by atoms with E-state index in [1.54, 1.807) is 11.3 Å². The molecular weight excluding hydrogens is 336 g/mol. The van der Waals surface area contributed by atoms with E-state index in [2.05, 4.69) is 63.7 Å². The molecular formula is C14H15BrN4S. The van der Waals surface area contributed by atoms with Crippen LogP contribution < -0.4 is 11.3 Å². The molecule has 2 aromatic heterocycles. The van der Waals surface area contributed by atoms with E-state index in [1.165, 1.54) is 15.0 Å². The third-order valence-corrected chi connectivity index (χ3v) is 5.09. The van der Waals surface area contributed by atoms with E-state index < -0.39 is 0 Å². The van der Waals surface area contributed by atoms with Crippen molar-refractivity contribution in [1.82, 2.24) is 15.2 Å². The van der Waals surface area contributed by atoms with Crippen LogP contribution in [-0.4, -0.2) is 9.78 Å². The van der Waals surface area contributed by atoms with Crippen LogP contribution in [0.25, 0.3) is 10.1 Å². The Morgan fingerprint density at radius 1 is 1.45 bits per heavy atom. The molecule has 0 saturated carbocycles. The number of benzene rings is 1. The van der Waals surface area contributed by atoms with Crippen molar-refractivity contribution >= 4 is 37.4 Å². The highest BCUT2D eigenvalue weighted by Crippen LogP contribution is 2.35. The van der Waals surface area contributed by atoms with E-state index in [0.717, 1.165) is 16.7 Å². The second-order valence-electron chi connectivity index (χ2n) is 4.48. The van der Waals surface area contributed by atoms with Crippen molar-refractivity contribution in [2.75, 3.05) is 0 Å². The molecule has 4 nitrogen and oxygen atoms in total. The molecule has 20 heavy (non-hydrogen) atoms. The zero-order valence-corrected chi connectivity index (χ0v) is 13.4. The molecule has 1 unspecified atom stereocenters. The number of rotatable bonds is 4.